The minimum atomic E-state index is -4.89. The van der Waals surface area contributed by atoms with Crippen LogP contribution in [0.3, 0.4) is 0 Å². The molecular weight excluding hydrogens is 227 g/mol. The van der Waals surface area contributed by atoms with E-state index in [9.17, 15) is 23.1 Å². The second-order valence-corrected chi connectivity index (χ2v) is 4.11. The van der Waals surface area contributed by atoms with Crippen molar-refractivity contribution in [1.29, 1.82) is 0 Å². The van der Waals surface area contributed by atoms with Gasteiger partial charge in [0.15, 0.2) is 5.79 Å². The Morgan fingerprint density at radius 1 is 1.56 bits per heavy atom. The van der Waals surface area contributed by atoms with Gasteiger partial charge in [-0.3, -0.25) is 4.79 Å². The van der Waals surface area contributed by atoms with Gasteiger partial charge in [0, 0.05) is 6.42 Å². The molecular formula is C9H14F3NO3. The monoisotopic (exact) mass is 241 g/mol. The van der Waals surface area contributed by atoms with Gasteiger partial charge < -0.3 is 15.2 Å². The Morgan fingerprint density at radius 3 is 2.56 bits per heavy atom. The van der Waals surface area contributed by atoms with E-state index < -0.39 is 30.0 Å². The van der Waals surface area contributed by atoms with Gasteiger partial charge in [-0.15, -0.1) is 0 Å². The molecule has 7 heteroatoms. The van der Waals surface area contributed by atoms with Crippen LogP contribution in [-0.2, 0) is 9.53 Å². The quantitative estimate of drug-likeness (QED) is 0.718. The summed E-state index contributed by atoms with van der Waals surface area (Å²) in [5.41, 5.74) is 0. The Kier molecular flexibility index (Phi) is 3.49. The minimum absolute atomic E-state index is 0.181. The van der Waals surface area contributed by atoms with Crippen LogP contribution in [-0.4, -0.2) is 35.1 Å². The first-order chi connectivity index (χ1) is 7.12. The summed E-state index contributed by atoms with van der Waals surface area (Å²) < 4.78 is 41.0. The Morgan fingerprint density at radius 2 is 2.12 bits per heavy atom. The molecule has 0 radical (unpaired) electrons. The van der Waals surface area contributed by atoms with Crippen LogP contribution in [0.1, 0.15) is 26.7 Å². The number of aliphatic hydroxyl groups is 1. The van der Waals surface area contributed by atoms with E-state index in [1.165, 1.54) is 13.8 Å². The smallest absolute Gasteiger partial charge is 0.366 e. The summed E-state index contributed by atoms with van der Waals surface area (Å²) in [4.78, 5) is 10.7. The van der Waals surface area contributed by atoms with E-state index in [0.29, 0.717) is 0 Å². The molecule has 3 atom stereocenters. The molecule has 1 fully saturated rings. The van der Waals surface area contributed by atoms with Crippen molar-refractivity contribution in [2.24, 2.45) is 0 Å². The lowest BCUT2D eigenvalue weighted by molar-refractivity contribution is -0.245. The Balaban J connectivity index is 2.55. The standard InChI is InChI=1S/C9H14F3NO3/c1-5-6(3-4-8(2,15)16-5)13-7(14)9(10,11)12/h5-6,15H,3-4H2,1-2H3,(H,13,14)/t5-,6+,8+/m0/s1. The highest BCUT2D eigenvalue weighted by Gasteiger charge is 2.42. The highest BCUT2D eigenvalue weighted by Crippen LogP contribution is 2.27. The third kappa shape index (κ3) is 3.34. The molecule has 94 valence electrons. The number of amides is 1. The predicted molar refractivity (Wildman–Crippen MR) is 48.4 cm³/mol. The van der Waals surface area contributed by atoms with Crippen molar-refractivity contribution in [3.63, 3.8) is 0 Å². The maximum Gasteiger partial charge on any atom is 0.471 e. The van der Waals surface area contributed by atoms with Crippen LogP contribution in [0.5, 0.6) is 0 Å². The summed E-state index contributed by atoms with van der Waals surface area (Å²) in [6.45, 7) is 2.94. The summed E-state index contributed by atoms with van der Waals surface area (Å²) >= 11 is 0. The minimum Gasteiger partial charge on any atom is -0.366 e. The van der Waals surface area contributed by atoms with Crippen molar-refractivity contribution in [3.8, 4) is 0 Å². The van der Waals surface area contributed by atoms with E-state index in [0.717, 1.165) is 0 Å². The summed E-state index contributed by atoms with van der Waals surface area (Å²) in [5, 5.41) is 11.3. The Bertz CT molecular complexity index is 278. The number of ether oxygens (including phenoxy) is 1. The van der Waals surface area contributed by atoms with Crippen LogP contribution in [0.15, 0.2) is 0 Å². The number of hydrogen-bond donors (Lipinski definition) is 2. The van der Waals surface area contributed by atoms with Gasteiger partial charge in [0.2, 0.25) is 0 Å². The molecule has 1 aliphatic heterocycles. The van der Waals surface area contributed by atoms with Gasteiger partial charge >= 0.3 is 12.1 Å². The second-order valence-electron chi connectivity index (χ2n) is 4.11. The van der Waals surface area contributed by atoms with E-state index in [4.69, 9.17) is 4.74 Å². The van der Waals surface area contributed by atoms with E-state index in [1.807, 2.05) is 5.32 Å². The number of alkyl halides is 3. The molecule has 1 aliphatic rings. The van der Waals surface area contributed by atoms with Crippen LogP contribution < -0.4 is 5.32 Å². The third-order valence-electron chi connectivity index (χ3n) is 2.50. The van der Waals surface area contributed by atoms with Crippen molar-refractivity contribution in [2.45, 2.75) is 50.8 Å². The first-order valence-electron chi connectivity index (χ1n) is 4.90. The number of rotatable bonds is 1. The number of nitrogens with one attached hydrogen (secondary N) is 1. The highest BCUT2D eigenvalue weighted by molar-refractivity contribution is 5.82. The molecule has 1 saturated heterocycles. The first kappa shape index (κ1) is 13.2. The lowest BCUT2D eigenvalue weighted by Gasteiger charge is -2.38. The average Bonchev–Trinajstić information content (AvgIpc) is 2.07. The molecule has 0 aromatic carbocycles. The predicted octanol–water partition coefficient (Wildman–Crippen LogP) is 0.941. The van der Waals surface area contributed by atoms with Crippen LogP contribution in [0.4, 0.5) is 13.2 Å². The van der Waals surface area contributed by atoms with Gasteiger partial charge in [0.25, 0.3) is 0 Å². The molecule has 1 heterocycles. The fourth-order valence-corrected chi connectivity index (χ4v) is 1.64. The number of halogens is 3. The van der Waals surface area contributed by atoms with E-state index in [1.54, 1.807) is 0 Å². The Labute approximate surface area is 90.8 Å². The first-order valence-corrected chi connectivity index (χ1v) is 4.90. The summed E-state index contributed by atoms with van der Waals surface area (Å²) in [7, 11) is 0. The van der Waals surface area contributed by atoms with Gasteiger partial charge in [-0.1, -0.05) is 0 Å². The molecule has 4 nitrogen and oxygen atoms in total. The lowest BCUT2D eigenvalue weighted by Crippen LogP contribution is -2.54. The van der Waals surface area contributed by atoms with Crippen LogP contribution in [0, 0.1) is 0 Å². The number of carbonyl (C=O) groups excluding carboxylic acids is 1. The molecule has 0 saturated carbocycles. The van der Waals surface area contributed by atoms with Crippen molar-refractivity contribution >= 4 is 5.91 Å². The summed E-state index contributed by atoms with van der Waals surface area (Å²) in [6, 6.07) is -0.727. The van der Waals surface area contributed by atoms with Crippen molar-refractivity contribution in [1.82, 2.24) is 5.32 Å². The third-order valence-corrected chi connectivity index (χ3v) is 2.50. The molecule has 1 rings (SSSR count). The van der Waals surface area contributed by atoms with E-state index in [-0.39, 0.29) is 12.8 Å². The van der Waals surface area contributed by atoms with Gasteiger partial charge in [0.05, 0.1) is 12.1 Å². The van der Waals surface area contributed by atoms with Gasteiger partial charge in [-0.05, 0) is 20.3 Å². The largest absolute Gasteiger partial charge is 0.471 e. The maximum atomic E-state index is 12.0. The molecule has 2 N–H and O–H groups in total. The highest BCUT2D eigenvalue weighted by atomic mass is 19.4. The number of carbonyl (C=O) groups is 1. The van der Waals surface area contributed by atoms with Crippen molar-refractivity contribution < 1.29 is 27.8 Å². The van der Waals surface area contributed by atoms with Gasteiger partial charge in [-0.2, -0.15) is 13.2 Å². The molecule has 0 aromatic heterocycles. The van der Waals surface area contributed by atoms with Crippen molar-refractivity contribution in [3.05, 3.63) is 0 Å². The topological polar surface area (TPSA) is 58.6 Å². The average molecular weight is 241 g/mol. The molecule has 0 unspecified atom stereocenters. The molecule has 1 amide bonds. The fourth-order valence-electron chi connectivity index (χ4n) is 1.64. The van der Waals surface area contributed by atoms with Gasteiger partial charge in [0.1, 0.15) is 0 Å². The zero-order valence-electron chi connectivity index (χ0n) is 8.97. The van der Waals surface area contributed by atoms with Crippen LogP contribution >= 0.6 is 0 Å². The normalized spacial score (nSPS) is 35.9. The molecule has 0 spiro atoms. The molecule has 16 heavy (non-hydrogen) atoms. The lowest BCUT2D eigenvalue weighted by atomic mass is 9.98. The molecule has 0 aromatic rings. The summed E-state index contributed by atoms with van der Waals surface area (Å²) in [5.74, 6) is -3.31. The van der Waals surface area contributed by atoms with Crippen molar-refractivity contribution in [2.75, 3.05) is 0 Å². The molecule has 0 aliphatic carbocycles. The van der Waals surface area contributed by atoms with E-state index >= 15 is 0 Å². The van der Waals surface area contributed by atoms with Crippen LogP contribution in [0.2, 0.25) is 0 Å². The maximum absolute atomic E-state index is 12.0. The zero-order chi connectivity index (χ0) is 12.6. The summed E-state index contributed by atoms with van der Waals surface area (Å²) in [6.07, 6.45) is -5.12. The zero-order valence-corrected chi connectivity index (χ0v) is 8.97. The second kappa shape index (κ2) is 4.21. The van der Waals surface area contributed by atoms with Gasteiger partial charge in [-0.25, -0.2) is 0 Å². The Hall–Kier alpha value is -0.820. The number of hydrogen-bond acceptors (Lipinski definition) is 3. The molecule has 0 bridgehead atoms. The SMILES string of the molecule is C[C@@H]1O[C@@](C)(O)CC[C@H]1NC(=O)C(F)(F)F. The van der Waals surface area contributed by atoms with E-state index in [2.05, 4.69) is 0 Å². The van der Waals surface area contributed by atoms with Crippen LogP contribution in [0.25, 0.3) is 0 Å². The fraction of sp³-hybridized carbons (Fsp3) is 0.889.